The molecule has 1 aromatic heterocycles. The second-order valence-corrected chi connectivity index (χ2v) is 3.77. The average molecular weight is 165 g/mol. The van der Waals surface area contributed by atoms with Gasteiger partial charge in [0, 0.05) is 24.1 Å². The highest BCUT2D eigenvalue weighted by Crippen LogP contribution is 2.38. The minimum absolute atomic E-state index is 0.220. The van der Waals surface area contributed by atoms with Crippen molar-refractivity contribution in [3.63, 3.8) is 0 Å². The highest BCUT2D eigenvalue weighted by molar-refractivity contribution is 5.17. The summed E-state index contributed by atoms with van der Waals surface area (Å²) in [5, 5.41) is 7.28. The molecule has 2 rings (SSSR count). The zero-order chi connectivity index (χ0) is 8.55. The maximum absolute atomic E-state index is 5.68. The Balaban J connectivity index is 2.03. The van der Waals surface area contributed by atoms with Crippen LogP contribution in [0.4, 0.5) is 0 Å². The first-order chi connectivity index (χ1) is 5.75. The Kier molecular flexibility index (Phi) is 1.89. The van der Waals surface area contributed by atoms with Crippen LogP contribution < -0.4 is 5.73 Å². The zero-order valence-electron chi connectivity index (χ0n) is 7.38. The molecule has 0 aliphatic heterocycles. The van der Waals surface area contributed by atoms with E-state index in [1.54, 1.807) is 0 Å². The Morgan fingerprint density at radius 3 is 3.08 bits per heavy atom. The van der Waals surface area contributed by atoms with Crippen molar-refractivity contribution >= 4 is 0 Å². The van der Waals surface area contributed by atoms with Crippen molar-refractivity contribution < 1.29 is 0 Å². The molecule has 1 saturated carbocycles. The third-order valence-electron chi connectivity index (χ3n) is 2.19. The van der Waals surface area contributed by atoms with E-state index >= 15 is 0 Å². The predicted octanol–water partition coefficient (Wildman–Crippen LogP) is 1.18. The molecule has 0 amide bonds. The van der Waals surface area contributed by atoms with Gasteiger partial charge >= 0.3 is 0 Å². The fourth-order valence-corrected chi connectivity index (χ4v) is 1.42. The van der Waals surface area contributed by atoms with E-state index in [4.69, 9.17) is 5.73 Å². The molecule has 1 fully saturated rings. The van der Waals surface area contributed by atoms with Gasteiger partial charge in [0.1, 0.15) is 0 Å². The summed E-state index contributed by atoms with van der Waals surface area (Å²) in [6, 6.07) is 2.37. The number of aromatic amines is 1. The maximum Gasteiger partial charge on any atom is 0.0655 e. The number of rotatable bonds is 3. The Morgan fingerprint density at radius 1 is 1.75 bits per heavy atom. The van der Waals surface area contributed by atoms with Gasteiger partial charge in [-0.05, 0) is 25.8 Å². The monoisotopic (exact) mass is 165 g/mol. The Labute approximate surface area is 72.4 Å². The summed E-state index contributed by atoms with van der Waals surface area (Å²) in [6.07, 6.45) is 3.52. The van der Waals surface area contributed by atoms with Gasteiger partial charge in [-0.15, -0.1) is 0 Å². The van der Waals surface area contributed by atoms with Gasteiger partial charge in [0.05, 0.1) is 5.69 Å². The molecule has 1 aliphatic rings. The van der Waals surface area contributed by atoms with Crippen molar-refractivity contribution in [3.05, 3.63) is 17.5 Å². The summed E-state index contributed by atoms with van der Waals surface area (Å²) in [5.74, 6) is 0.739. The number of nitrogens with one attached hydrogen (secondary N) is 1. The van der Waals surface area contributed by atoms with Crippen LogP contribution in [-0.4, -0.2) is 16.2 Å². The number of nitrogens with zero attached hydrogens (tertiary/aromatic N) is 1. The van der Waals surface area contributed by atoms with Crippen LogP contribution in [0.2, 0.25) is 0 Å². The molecular weight excluding hydrogens is 150 g/mol. The smallest absolute Gasteiger partial charge is 0.0655 e. The molecule has 0 radical (unpaired) electrons. The number of hydrogen-bond acceptors (Lipinski definition) is 2. The molecule has 3 nitrogen and oxygen atoms in total. The van der Waals surface area contributed by atoms with Crippen LogP contribution in [0.25, 0.3) is 0 Å². The maximum atomic E-state index is 5.68. The summed E-state index contributed by atoms with van der Waals surface area (Å²) < 4.78 is 0. The quantitative estimate of drug-likeness (QED) is 0.706. The van der Waals surface area contributed by atoms with Gasteiger partial charge in [-0.2, -0.15) is 5.10 Å². The van der Waals surface area contributed by atoms with Crippen LogP contribution in [0.5, 0.6) is 0 Å². The third kappa shape index (κ3) is 1.67. The van der Waals surface area contributed by atoms with E-state index in [1.165, 1.54) is 24.2 Å². The van der Waals surface area contributed by atoms with E-state index in [0.29, 0.717) is 0 Å². The summed E-state index contributed by atoms with van der Waals surface area (Å²) in [7, 11) is 0. The summed E-state index contributed by atoms with van der Waals surface area (Å²) >= 11 is 0. The van der Waals surface area contributed by atoms with Gasteiger partial charge in [0.2, 0.25) is 0 Å². The van der Waals surface area contributed by atoms with E-state index in [-0.39, 0.29) is 6.04 Å². The van der Waals surface area contributed by atoms with Crippen molar-refractivity contribution in [1.29, 1.82) is 0 Å². The Bertz CT molecular complexity index is 260. The first kappa shape index (κ1) is 7.80. The highest BCUT2D eigenvalue weighted by atomic mass is 15.1. The number of H-pyrrole nitrogens is 1. The first-order valence-corrected chi connectivity index (χ1v) is 4.55. The van der Waals surface area contributed by atoms with E-state index in [9.17, 15) is 0 Å². The topological polar surface area (TPSA) is 54.7 Å². The van der Waals surface area contributed by atoms with E-state index in [2.05, 4.69) is 16.3 Å². The van der Waals surface area contributed by atoms with Crippen molar-refractivity contribution in [1.82, 2.24) is 10.2 Å². The van der Waals surface area contributed by atoms with Crippen molar-refractivity contribution in [2.75, 3.05) is 0 Å². The molecule has 0 spiro atoms. The largest absolute Gasteiger partial charge is 0.328 e. The fourth-order valence-electron chi connectivity index (χ4n) is 1.42. The van der Waals surface area contributed by atoms with E-state index < -0.39 is 0 Å². The van der Waals surface area contributed by atoms with Crippen LogP contribution in [0.3, 0.4) is 0 Å². The number of hydrogen-bond donors (Lipinski definition) is 2. The van der Waals surface area contributed by atoms with Gasteiger partial charge in [-0.25, -0.2) is 0 Å². The predicted molar refractivity (Wildman–Crippen MR) is 47.9 cm³/mol. The lowest BCUT2D eigenvalue weighted by Crippen LogP contribution is -2.17. The van der Waals surface area contributed by atoms with E-state index in [1.807, 2.05) is 6.92 Å². The Hall–Kier alpha value is -0.830. The summed E-state index contributed by atoms with van der Waals surface area (Å²) in [6.45, 7) is 2.01. The molecule has 1 unspecified atom stereocenters. The lowest BCUT2D eigenvalue weighted by Gasteiger charge is -1.99. The van der Waals surface area contributed by atoms with Crippen LogP contribution >= 0.6 is 0 Å². The molecule has 3 N–H and O–H groups in total. The van der Waals surface area contributed by atoms with Gasteiger partial charge < -0.3 is 5.73 Å². The minimum atomic E-state index is 0.220. The average Bonchev–Trinajstić information content (AvgIpc) is 2.73. The molecule has 0 aromatic carbocycles. The second-order valence-electron chi connectivity index (χ2n) is 3.77. The number of nitrogens with two attached hydrogens (primary N) is 1. The van der Waals surface area contributed by atoms with Crippen molar-refractivity contribution in [2.45, 2.75) is 38.1 Å². The van der Waals surface area contributed by atoms with Gasteiger partial charge in [0.25, 0.3) is 0 Å². The van der Waals surface area contributed by atoms with Gasteiger partial charge in [-0.3, -0.25) is 5.10 Å². The van der Waals surface area contributed by atoms with E-state index in [0.717, 1.165) is 12.3 Å². The SMILES string of the molecule is CC(N)Cc1cc(C2CC2)n[nH]1. The number of aromatic nitrogens is 2. The molecule has 1 aliphatic carbocycles. The molecule has 1 aromatic rings. The summed E-state index contributed by atoms with van der Waals surface area (Å²) in [5.41, 5.74) is 8.08. The molecular formula is C9H15N3. The fraction of sp³-hybridized carbons (Fsp3) is 0.667. The molecule has 0 saturated heterocycles. The lowest BCUT2D eigenvalue weighted by molar-refractivity contribution is 0.718. The third-order valence-corrected chi connectivity index (χ3v) is 2.19. The van der Waals surface area contributed by atoms with Crippen molar-refractivity contribution in [2.24, 2.45) is 5.73 Å². The van der Waals surface area contributed by atoms with Crippen LogP contribution in [0.1, 0.15) is 37.1 Å². The molecule has 12 heavy (non-hydrogen) atoms. The molecule has 1 heterocycles. The molecule has 1 atom stereocenters. The molecule has 66 valence electrons. The molecule has 0 bridgehead atoms. The van der Waals surface area contributed by atoms with Gasteiger partial charge in [-0.1, -0.05) is 0 Å². The standard InChI is InChI=1S/C9H15N3/c1-6(10)4-8-5-9(12-11-8)7-2-3-7/h5-7H,2-4,10H2,1H3,(H,11,12). The normalized spacial score (nSPS) is 19.5. The van der Waals surface area contributed by atoms with Crippen molar-refractivity contribution in [3.8, 4) is 0 Å². The first-order valence-electron chi connectivity index (χ1n) is 4.55. The summed E-state index contributed by atoms with van der Waals surface area (Å²) in [4.78, 5) is 0. The van der Waals surface area contributed by atoms with Gasteiger partial charge in [0.15, 0.2) is 0 Å². The Morgan fingerprint density at radius 2 is 2.50 bits per heavy atom. The highest BCUT2D eigenvalue weighted by Gasteiger charge is 2.25. The second kappa shape index (κ2) is 2.90. The molecule has 3 heteroatoms. The zero-order valence-corrected chi connectivity index (χ0v) is 7.38. The van der Waals surface area contributed by atoms with Crippen LogP contribution in [-0.2, 0) is 6.42 Å². The lowest BCUT2D eigenvalue weighted by atomic mass is 10.2. The van der Waals surface area contributed by atoms with Crippen LogP contribution in [0, 0.1) is 0 Å². The minimum Gasteiger partial charge on any atom is -0.328 e. The van der Waals surface area contributed by atoms with Crippen LogP contribution in [0.15, 0.2) is 6.07 Å².